The van der Waals surface area contributed by atoms with E-state index in [2.05, 4.69) is 148 Å². The van der Waals surface area contributed by atoms with Crippen LogP contribution in [0, 0.1) is 6.92 Å². The molecular weight excluding hydrogens is 512 g/mol. The fourth-order valence-corrected chi connectivity index (χ4v) is 6.60. The van der Waals surface area contributed by atoms with Crippen LogP contribution in [0.25, 0.3) is 61.2 Å². The molecular formula is C39H37N2O+. The van der Waals surface area contributed by atoms with Crippen LogP contribution in [0.2, 0.25) is 0 Å². The highest BCUT2D eigenvalue weighted by Crippen LogP contribution is 2.42. The first-order valence-corrected chi connectivity index (χ1v) is 15.0. The van der Waals surface area contributed by atoms with E-state index >= 15 is 0 Å². The molecule has 0 amide bonds. The molecule has 0 radical (unpaired) electrons. The van der Waals surface area contributed by atoms with E-state index < -0.39 is 0 Å². The van der Waals surface area contributed by atoms with Crippen LogP contribution >= 0.6 is 0 Å². The predicted molar refractivity (Wildman–Crippen MR) is 176 cm³/mol. The number of para-hydroxylation sites is 3. The second-order valence-corrected chi connectivity index (χ2v) is 12.1. The smallest absolute Gasteiger partial charge is 0.299 e. The molecule has 7 rings (SSSR count). The molecule has 0 unspecified atom stereocenters. The van der Waals surface area contributed by atoms with E-state index in [1.165, 1.54) is 44.5 Å². The maximum Gasteiger partial charge on any atom is 0.299 e. The largest absolute Gasteiger partial charge is 0.455 e. The summed E-state index contributed by atoms with van der Waals surface area (Å²) < 4.78 is 11.5. The van der Waals surface area contributed by atoms with Crippen LogP contribution in [0.3, 0.4) is 0 Å². The molecule has 2 aromatic heterocycles. The minimum Gasteiger partial charge on any atom is -0.455 e. The molecule has 5 aromatic carbocycles. The van der Waals surface area contributed by atoms with E-state index in [1.807, 2.05) is 6.07 Å². The molecule has 3 nitrogen and oxygen atoms in total. The van der Waals surface area contributed by atoms with Crippen molar-refractivity contribution in [2.45, 2.75) is 46.5 Å². The minimum absolute atomic E-state index is 0.323. The Hall–Kier alpha value is -4.63. The van der Waals surface area contributed by atoms with Gasteiger partial charge in [0.1, 0.15) is 16.8 Å². The summed E-state index contributed by atoms with van der Waals surface area (Å²) >= 11 is 0. The van der Waals surface area contributed by atoms with Gasteiger partial charge < -0.3 is 4.42 Å². The third-order valence-electron chi connectivity index (χ3n) is 8.74. The number of aromatic nitrogens is 2. The summed E-state index contributed by atoms with van der Waals surface area (Å²) in [5, 5.41) is 2.30. The molecule has 0 bridgehead atoms. The van der Waals surface area contributed by atoms with Gasteiger partial charge in [-0.05, 0) is 65.8 Å². The number of benzene rings is 5. The van der Waals surface area contributed by atoms with E-state index in [0.29, 0.717) is 11.8 Å². The molecule has 42 heavy (non-hydrogen) atoms. The number of nitrogens with zero attached hydrogens (tertiary/aromatic N) is 2. The van der Waals surface area contributed by atoms with Crippen molar-refractivity contribution >= 4 is 33.0 Å². The van der Waals surface area contributed by atoms with Crippen molar-refractivity contribution in [3.05, 3.63) is 120 Å². The molecule has 7 aromatic rings. The Kier molecular flexibility index (Phi) is 6.27. The summed E-state index contributed by atoms with van der Waals surface area (Å²) in [5.74, 6) is 1.78. The zero-order valence-electron chi connectivity index (χ0n) is 25.3. The van der Waals surface area contributed by atoms with Crippen molar-refractivity contribution < 1.29 is 8.98 Å². The van der Waals surface area contributed by atoms with Gasteiger partial charge in [0, 0.05) is 21.9 Å². The first kappa shape index (κ1) is 26.3. The average molecular weight is 550 g/mol. The number of fused-ring (bicyclic) bond motifs is 4. The number of rotatable bonds is 5. The fraction of sp³-hybridized carbons (Fsp3) is 0.205. The molecule has 2 heterocycles. The summed E-state index contributed by atoms with van der Waals surface area (Å²) in [6, 6.07) is 37.2. The van der Waals surface area contributed by atoms with Gasteiger partial charge in [0.05, 0.1) is 7.05 Å². The van der Waals surface area contributed by atoms with Crippen LogP contribution in [0.5, 0.6) is 0 Å². The summed E-state index contributed by atoms with van der Waals surface area (Å²) in [5.41, 5.74) is 13.1. The first-order valence-electron chi connectivity index (χ1n) is 15.0. The lowest BCUT2D eigenvalue weighted by molar-refractivity contribution is -0.633. The number of hydrogen-bond donors (Lipinski definition) is 0. The second kappa shape index (κ2) is 10.0. The number of furan rings is 1. The van der Waals surface area contributed by atoms with E-state index in [9.17, 15) is 0 Å². The van der Waals surface area contributed by atoms with E-state index in [0.717, 1.165) is 33.3 Å². The molecule has 0 fully saturated rings. The van der Waals surface area contributed by atoms with E-state index in [1.54, 1.807) is 0 Å². The van der Waals surface area contributed by atoms with Crippen molar-refractivity contribution in [2.75, 3.05) is 0 Å². The number of imidazole rings is 1. The van der Waals surface area contributed by atoms with Crippen LogP contribution in [0.15, 0.2) is 108 Å². The lowest BCUT2D eigenvalue weighted by Crippen LogP contribution is -2.30. The first-order chi connectivity index (χ1) is 20.3. The molecule has 0 aliphatic carbocycles. The molecule has 0 aliphatic heterocycles. The number of aryl methyl sites for hydroxylation is 2. The Labute approximate surface area is 247 Å². The Balaban J connectivity index is 1.65. The molecule has 0 atom stereocenters. The topological polar surface area (TPSA) is 21.9 Å². The van der Waals surface area contributed by atoms with Gasteiger partial charge in [-0.1, -0.05) is 100 Å². The molecule has 0 saturated heterocycles. The summed E-state index contributed by atoms with van der Waals surface area (Å²) in [7, 11) is 2.19. The third kappa shape index (κ3) is 3.99. The maximum absolute atomic E-state index is 6.67. The van der Waals surface area contributed by atoms with Crippen LogP contribution in [0.1, 0.15) is 56.2 Å². The lowest BCUT2D eigenvalue weighted by atomic mass is 9.88. The van der Waals surface area contributed by atoms with Crippen molar-refractivity contribution in [1.82, 2.24) is 4.57 Å². The Morgan fingerprint density at radius 1 is 0.667 bits per heavy atom. The van der Waals surface area contributed by atoms with Crippen molar-refractivity contribution in [2.24, 2.45) is 7.05 Å². The van der Waals surface area contributed by atoms with Gasteiger partial charge in [0.15, 0.2) is 16.6 Å². The molecule has 0 N–H and O–H groups in total. The van der Waals surface area contributed by atoms with Crippen LogP contribution in [-0.2, 0) is 7.05 Å². The highest BCUT2D eigenvalue weighted by Gasteiger charge is 2.33. The van der Waals surface area contributed by atoms with E-state index in [-0.39, 0.29) is 0 Å². The monoisotopic (exact) mass is 549 g/mol. The number of hydrogen-bond acceptors (Lipinski definition) is 1. The molecule has 208 valence electrons. The Morgan fingerprint density at radius 3 is 2.02 bits per heavy atom. The summed E-state index contributed by atoms with van der Waals surface area (Å²) in [4.78, 5) is 0. The zero-order valence-corrected chi connectivity index (χ0v) is 25.3. The predicted octanol–water partition coefficient (Wildman–Crippen LogP) is 10.2. The van der Waals surface area contributed by atoms with Gasteiger partial charge in [0.2, 0.25) is 0 Å². The molecule has 0 saturated carbocycles. The SMILES string of the molecule is Cc1ccc2c(oc3ccccc32)c1-c1n(-c2c(C(C)C)cc(-c3ccccc3)cc2C(C)C)c2ccccc2[n+]1C. The van der Waals surface area contributed by atoms with Gasteiger partial charge >= 0.3 is 0 Å². The van der Waals surface area contributed by atoms with E-state index in [4.69, 9.17) is 4.42 Å². The fourth-order valence-electron chi connectivity index (χ4n) is 6.60. The Bertz CT molecular complexity index is 2080. The Morgan fingerprint density at radius 2 is 1.31 bits per heavy atom. The van der Waals surface area contributed by atoms with Gasteiger partial charge in [-0.3, -0.25) is 0 Å². The highest BCUT2D eigenvalue weighted by molar-refractivity contribution is 6.09. The van der Waals surface area contributed by atoms with Gasteiger partial charge in [-0.25, -0.2) is 4.57 Å². The third-order valence-corrected chi connectivity index (χ3v) is 8.74. The summed E-state index contributed by atoms with van der Waals surface area (Å²) in [6.07, 6.45) is 0. The standard InChI is InChI=1S/C39H37N2O/c1-24(2)31-22-28(27-14-8-7-9-15-27)23-32(25(3)4)37(31)41-34-18-12-11-17-33(34)40(6)39(41)36-26(5)20-21-30-29-16-10-13-19-35(29)42-38(30)36/h7-25H,1-6H3/q+1. The van der Waals surface area contributed by atoms with Gasteiger partial charge in [0.25, 0.3) is 5.82 Å². The molecule has 0 spiro atoms. The average Bonchev–Trinajstić information content (AvgIpc) is 3.52. The summed E-state index contributed by atoms with van der Waals surface area (Å²) in [6.45, 7) is 11.5. The quantitative estimate of drug-likeness (QED) is 0.196. The van der Waals surface area contributed by atoms with Crippen LogP contribution in [-0.4, -0.2) is 4.57 Å². The normalized spacial score (nSPS) is 12.0. The molecule has 0 aliphatic rings. The van der Waals surface area contributed by atoms with Crippen molar-refractivity contribution in [1.29, 1.82) is 0 Å². The maximum atomic E-state index is 6.67. The van der Waals surface area contributed by atoms with Crippen molar-refractivity contribution in [3.63, 3.8) is 0 Å². The highest BCUT2D eigenvalue weighted by atomic mass is 16.3. The minimum atomic E-state index is 0.323. The second-order valence-electron chi connectivity index (χ2n) is 12.1. The zero-order chi connectivity index (χ0) is 29.1. The van der Waals surface area contributed by atoms with Crippen LogP contribution in [0.4, 0.5) is 0 Å². The van der Waals surface area contributed by atoms with Gasteiger partial charge in [-0.2, -0.15) is 4.57 Å². The van der Waals surface area contributed by atoms with Crippen LogP contribution < -0.4 is 4.57 Å². The van der Waals surface area contributed by atoms with Gasteiger partial charge in [-0.15, -0.1) is 0 Å². The lowest BCUT2D eigenvalue weighted by Gasteiger charge is -2.21. The van der Waals surface area contributed by atoms with Crippen molar-refractivity contribution in [3.8, 4) is 28.2 Å². The molecule has 3 heteroatoms.